The summed E-state index contributed by atoms with van der Waals surface area (Å²) < 4.78 is 23.7. The van der Waals surface area contributed by atoms with E-state index in [0.717, 1.165) is 46.2 Å². The van der Waals surface area contributed by atoms with Crippen molar-refractivity contribution in [1.29, 1.82) is 0 Å². The van der Waals surface area contributed by atoms with Crippen molar-refractivity contribution in [3.63, 3.8) is 0 Å². The Morgan fingerprint density at radius 3 is 2.62 bits per heavy atom. The van der Waals surface area contributed by atoms with E-state index < -0.39 is 5.82 Å². The van der Waals surface area contributed by atoms with Gasteiger partial charge in [0.1, 0.15) is 5.82 Å². The number of nitrogens with zero attached hydrogens (tertiary/aromatic N) is 5. The summed E-state index contributed by atoms with van der Waals surface area (Å²) in [4.78, 5) is 34.0. The summed E-state index contributed by atoms with van der Waals surface area (Å²) in [6.07, 6.45) is 1.70. The standard InChI is InChI=1S/C27H31FN6O3/c1-17-13-23(30-26(35)33-9-7-31(2)8-10-33)21(28)15-19(17)18-5-6-22-20(14-18)25-24(16-29-22)32(3)27(36)34(25)11-12-37-4/h5-6,13-16H,7-12H2,1-4H3,(H,30,35). The molecule has 37 heavy (non-hydrogen) atoms. The van der Waals surface area contributed by atoms with Gasteiger partial charge in [-0.05, 0) is 54.9 Å². The van der Waals surface area contributed by atoms with Crippen LogP contribution in [0.1, 0.15) is 5.56 Å². The topological polar surface area (TPSA) is 84.6 Å². The first-order valence-corrected chi connectivity index (χ1v) is 12.3. The van der Waals surface area contributed by atoms with E-state index in [1.165, 1.54) is 6.07 Å². The molecule has 1 aliphatic heterocycles. The Bertz CT molecular complexity index is 1550. The van der Waals surface area contributed by atoms with Crippen molar-refractivity contribution in [2.24, 2.45) is 7.05 Å². The molecule has 0 aliphatic carbocycles. The number of imidazole rings is 1. The number of carbonyl (C=O) groups is 1. The van der Waals surface area contributed by atoms with Crippen LogP contribution in [0.2, 0.25) is 0 Å². The summed E-state index contributed by atoms with van der Waals surface area (Å²) in [7, 11) is 5.34. The number of hydrogen-bond donors (Lipinski definition) is 1. The van der Waals surface area contributed by atoms with Crippen molar-refractivity contribution >= 4 is 33.7 Å². The molecule has 2 aromatic carbocycles. The van der Waals surface area contributed by atoms with Crippen molar-refractivity contribution in [2.45, 2.75) is 13.5 Å². The van der Waals surface area contributed by atoms with E-state index in [4.69, 9.17) is 4.74 Å². The zero-order valence-corrected chi connectivity index (χ0v) is 21.5. The van der Waals surface area contributed by atoms with Crippen LogP contribution in [-0.4, -0.2) is 76.9 Å². The number of rotatable bonds is 5. The minimum absolute atomic E-state index is 0.144. The Kier molecular flexibility index (Phi) is 6.70. The first kappa shape index (κ1) is 24.9. The van der Waals surface area contributed by atoms with E-state index in [2.05, 4.69) is 15.2 Å². The second-order valence-electron chi connectivity index (χ2n) is 9.58. The highest BCUT2D eigenvalue weighted by atomic mass is 19.1. The van der Waals surface area contributed by atoms with E-state index >= 15 is 4.39 Å². The average Bonchev–Trinajstić information content (AvgIpc) is 3.14. The third kappa shape index (κ3) is 4.58. The Morgan fingerprint density at radius 1 is 1.14 bits per heavy atom. The smallest absolute Gasteiger partial charge is 0.328 e. The first-order chi connectivity index (χ1) is 17.8. The second-order valence-corrected chi connectivity index (χ2v) is 9.58. The molecule has 4 aromatic rings. The molecule has 0 bridgehead atoms. The zero-order chi connectivity index (χ0) is 26.3. The maximum absolute atomic E-state index is 15.2. The number of methoxy groups -OCH3 is 1. The number of aromatic nitrogens is 3. The zero-order valence-electron chi connectivity index (χ0n) is 21.5. The molecule has 5 rings (SSSR count). The van der Waals surface area contributed by atoms with Crippen molar-refractivity contribution < 1.29 is 13.9 Å². The Hall–Kier alpha value is -3.76. The number of amides is 2. The monoisotopic (exact) mass is 506 g/mol. The van der Waals surface area contributed by atoms with Gasteiger partial charge in [-0.1, -0.05) is 6.07 Å². The first-order valence-electron chi connectivity index (χ1n) is 12.3. The second kappa shape index (κ2) is 9.95. The molecule has 0 saturated carbocycles. The molecule has 0 spiro atoms. The van der Waals surface area contributed by atoms with Crippen molar-refractivity contribution in [3.05, 3.63) is 58.4 Å². The largest absolute Gasteiger partial charge is 0.383 e. The molecule has 1 N–H and O–H groups in total. The van der Waals surface area contributed by atoms with E-state index in [9.17, 15) is 9.59 Å². The highest BCUT2D eigenvalue weighted by Gasteiger charge is 2.21. The fraction of sp³-hybridized carbons (Fsp3) is 0.370. The lowest BCUT2D eigenvalue weighted by Crippen LogP contribution is -2.48. The molecule has 0 unspecified atom stereocenters. The van der Waals surface area contributed by atoms with Gasteiger partial charge in [0.05, 0.1) is 41.6 Å². The number of anilines is 1. The molecular weight excluding hydrogens is 475 g/mol. The number of likely N-dealkylation sites (N-methyl/N-ethyl adjacent to an activating group) is 1. The number of urea groups is 1. The van der Waals surface area contributed by atoms with Gasteiger partial charge in [-0.15, -0.1) is 0 Å². The lowest BCUT2D eigenvalue weighted by Gasteiger charge is -2.32. The van der Waals surface area contributed by atoms with Crippen LogP contribution in [0.3, 0.4) is 0 Å². The SMILES string of the molecule is COCCn1c(=O)n(C)c2cnc3ccc(-c4cc(F)c(NC(=O)N5CCN(C)CC5)cc4C)cc3c21. The van der Waals surface area contributed by atoms with E-state index in [1.807, 2.05) is 32.2 Å². The molecule has 9 nitrogen and oxygen atoms in total. The summed E-state index contributed by atoms with van der Waals surface area (Å²) in [6.45, 7) is 5.49. The highest BCUT2D eigenvalue weighted by Crippen LogP contribution is 2.32. The number of carbonyl (C=O) groups excluding carboxylic acids is 1. The molecular formula is C27H31FN6O3. The maximum Gasteiger partial charge on any atom is 0.328 e. The van der Waals surface area contributed by atoms with Crippen LogP contribution < -0.4 is 11.0 Å². The fourth-order valence-electron chi connectivity index (χ4n) is 4.93. The number of benzene rings is 2. The molecule has 1 saturated heterocycles. The molecule has 1 fully saturated rings. The third-order valence-corrected chi connectivity index (χ3v) is 7.15. The van der Waals surface area contributed by atoms with Gasteiger partial charge in [-0.3, -0.25) is 14.1 Å². The Balaban J connectivity index is 1.52. The normalized spacial score (nSPS) is 14.6. The summed E-state index contributed by atoms with van der Waals surface area (Å²) in [5.74, 6) is -0.503. The third-order valence-electron chi connectivity index (χ3n) is 7.15. The number of hydrogen-bond acceptors (Lipinski definition) is 5. The van der Waals surface area contributed by atoms with E-state index in [-0.39, 0.29) is 17.4 Å². The highest BCUT2D eigenvalue weighted by molar-refractivity contribution is 6.04. The fourth-order valence-corrected chi connectivity index (χ4v) is 4.93. The van der Waals surface area contributed by atoms with Gasteiger partial charge in [0, 0.05) is 45.7 Å². The van der Waals surface area contributed by atoms with Crippen molar-refractivity contribution in [3.8, 4) is 11.1 Å². The molecule has 0 atom stereocenters. The van der Waals surface area contributed by atoms with Gasteiger partial charge in [-0.2, -0.15) is 0 Å². The van der Waals surface area contributed by atoms with Gasteiger partial charge in [0.15, 0.2) is 0 Å². The molecule has 3 heterocycles. The number of fused-ring (bicyclic) bond motifs is 3. The lowest BCUT2D eigenvalue weighted by atomic mass is 9.97. The van der Waals surface area contributed by atoms with Crippen LogP contribution >= 0.6 is 0 Å². The van der Waals surface area contributed by atoms with Crippen LogP contribution in [-0.2, 0) is 18.3 Å². The van der Waals surface area contributed by atoms with Crippen LogP contribution in [0, 0.1) is 12.7 Å². The molecule has 2 amide bonds. The number of ether oxygens (including phenoxy) is 1. The Labute approximate surface area is 214 Å². The molecule has 194 valence electrons. The molecule has 2 aromatic heterocycles. The van der Waals surface area contributed by atoms with Gasteiger partial charge in [0.25, 0.3) is 0 Å². The lowest BCUT2D eigenvalue weighted by molar-refractivity contribution is 0.164. The molecule has 0 radical (unpaired) electrons. The van der Waals surface area contributed by atoms with E-state index in [1.54, 1.807) is 40.5 Å². The maximum atomic E-state index is 15.2. The van der Waals surface area contributed by atoms with Gasteiger partial charge >= 0.3 is 11.7 Å². The van der Waals surface area contributed by atoms with E-state index in [0.29, 0.717) is 31.8 Å². The number of nitrogens with one attached hydrogen (secondary N) is 1. The minimum atomic E-state index is -0.503. The van der Waals surface area contributed by atoms with Crippen LogP contribution in [0.4, 0.5) is 14.9 Å². The van der Waals surface area contributed by atoms with Gasteiger partial charge in [-0.25, -0.2) is 14.0 Å². The van der Waals surface area contributed by atoms with Crippen LogP contribution in [0.15, 0.2) is 41.3 Å². The number of aryl methyl sites for hydroxylation is 2. The van der Waals surface area contributed by atoms with Crippen molar-refractivity contribution in [1.82, 2.24) is 23.9 Å². The average molecular weight is 507 g/mol. The predicted molar refractivity (Wildman–Crippen MR) is 143 cm³/mol. The van der Waals surface area contributed by atoms with Gasteiger partial charge < -0.3 is 19.9 Å². The quantitative estimate of drug-likeness (QED) is 0.448. The Morgan fingerprint density at radius 2 is 1.89 bits per heavy atom. The van der Waals surface area contributed by atoms with Crippen molar-refractivity contribution in [2.75, 3.05) is 52.3 Å². The summed E-state index contributed by atoms with van der Waals surface area (Å²) >= 11 is 0. The number of pyridine rings is 1. The van der Waals surface area contributed by atoms with Gasteiger partial charge in [0.2, 0.25) is 0 Å². The summed E-state index contributed by atoms with van der Waals surface area (Å²) in [6, 6.07) is 8.54. The summed E-state index contributed by atoms with van der Waals surface area (Å²) in [5.41, 5.74) is 4.56. The summed E-state index contributed by atoms with van der Waals surface area (Å²) in [5, 5.41) is 3.54. The molecule has 1 aliphatic rings. The van der Waals surface area contributed by atoms with Crippen LogP contribution in [0.25, 0.3) is 33.1 Å². The molecule has 10 heteroatoms. The predicted octanol–water partition coefficient (Wildman–Crippen LogP) is 3.43. The minimum Gasteiger partial charge on any atom is -0.383 e. The van der Waals surface area contributed by atoms with Crippen LogP contribution in [0.5, 0.6) is 0 Å². The number of halogens is 1. The number of piperazine rings is 1.